The molecule has 0 aromatic heterocycles. The quantitative estimate of drug-likeness (QED) is 0.840. The number of nitrogens with zero attached hydrogens (tertiary/aromatic N) is 1. The zero-order valence-electron chi connectivity index (χ0n) is 10.2. The third kappa shape index (κ3) is 2.63. The summed E-state index contributed by atoms with van der Waals surface area (Å²) in [6, 6.07) is 8.66. The maximum atomic E-state index is 9.03. The molecule has 0 unspecified atom stereocenters. The predicted octanol–water partition coefficient (Wildman–Crippen LogP) is 2.41. The van der Waals surface area contributed by atoms with E-state index in [-0.39, 0.29) is 12.0 Å². The fourth-order valence-electron chi connectivity index (χ4n) is 2.50. The van der Waals surface area contributed by atoms with Gasteiger partial charge in [-0.15, -0.1) is 0 Å². The van der Waals surface area contributed by atoms with Gasteiger partial charge in [-0.1, -0.05) is 38.1 Å². The number of benzene rings is 1. The molecule has 1 aromatic rings. The van der Waals surface area contributed by atoms with Gasteiger partial charge in [-0.3, -0.25) is 4.90 Å². The largest absolute Gasteiger partial charge is 0.396 e. The number of aliphatic hydroxyl groups excluding tert-OH is 1. The molecule has 2 rings (SSSR count). The summed E-state index contributed by atoms with van der Waals surface area (Å²) < 4.78 is 0. The van der Waals surface area contributed by atoms with Crippen molar-refractivity contribution in [1.82, 2.24) is 4.90 Å². The fourth-order valence-corrected chi connectivity index (χ4v) is 2.50. The van der Waals surface area contributed by atoms with Gasteiger partial charge in [-0.05, 0) is 23.0 Å². The minimum Gasteiger partial charge on any atom is -0.396 e. The van der Waals surface area contributed by atoms with E-state index in [1.165, 1.54) is 11.1 Å². The zero-order chi connectivity index (χ0) is 11.6. The van der Waals surface area contributed by atoms with Crippen LogP contribution in [0, 0.1) is 5.41 Å². The molecule has 2 heteroatoms. The van der Waals surface area contributed by atoms with Crippen molar-refractivity contribution in [3.05, 3.63) is 35.4 Å². The Hall–Kier alpha value is -0.860. The van der Waals surface area contributed by atoms with E-state index in [9.17, 15) is 0 Å². The fraction of sp³-hybridized carbons (Fsp3) is 0.571. The highest BCUT2D eigenvalue weighted by Gasteiger charge is 2.25. The molecule has 0 bridgehead atoms. The van der Waals surface area contributed by atoms with Crippen molar-refractivity contribution in [3.8, 4) is 0 Å². The summed E-state index contributed by atoms with van der Waals surface area (Å²) in [4.78, 5) is 2.47. The Labute approximate surface area is 97.9 Å². The van der Waals surface area contributed by atoms with Gasteiger partial charge in [-0.2, -0.15) is 0 Å². The van der Waals surface area contributed by atoms with Crippen molar-refractivity contribution in [1.29, 1.82) is 0 Å². The van der Waals surface area contributed by atoms with Crippen LogP contribution in [0.3, 0.4) is 0 Å². The molecule has 0 spiro atoms. The molecule has 0 fully saturated rings. The van der Waals surface area contributed by atoms with E-state index < -0.39 is 0 Å². The molecule has 88 valence electrons. The first-order chi connectivity index (χ1) is 7.61. The molecule has 16 heavy (non-hydrogen) atoms. The predicted molar refractivity (Wildman–Crippen MR) is 66.0 cm³/mol. The number of hydrogen-bond acceptors (Lipinski definition) is 2. The smallest absolute Gasteiger partial charge is 0.0436 e. The van der Waals surface area contributed by atoms with Crippen LogP contribution >= 0.6 is 0 Å². The van der Waals surface area contributed by atoms with Gasteiger partial charge in [-0.25, -0.2) is 0 Å². The van der Waals surface area contributed by atoms with Gasteiger partial charge in [0.2, 0.25) is 0 Å². The summed E-state index contributed by atoms with van der Waals surface area (Å²) in [7, 11) is 0. The Balaban J connectivity index is 1.97. The SMILES string of the molecule is CC(C)(CCO)CN1Cc2ccccc2C1. The standard InChI is InChI=1S/C14H21NO/c1-14(2,7-8-16)11-15-9-12-5-3-4-6-13(12)10-15/h3-6,16H,7-11H2,1-2H3. The van der Waals surface area contributed by atoms with Crippen LogP contribution in [0.5, 0.6) is 0 Å². The summed E-state index contributed by atoms with van der Waals surface area (Å²) in [5, 5.41) is 9.03. The minimum absolute atomic E-state index is 0.205. The number of fused-ring (bicyclic) bond motifs is 1. The lowest BCUT2D eigenvalue weighted by Gasteiger charge is -2.29. The summed E-state index contributed by atoms with van der Waals surface area (Å²) in [6.45, 7) is 7.92. The molecule has 1 aliphatic heterocycles. The summed E-state index contributed by atoms with van der Waals surface area (Å²) in [5.74, 6) is 0. The molecule has 1 heterocycles. The normalized spacial score (nSPS) is 16.4. The molecule has 0 saturated heterocycles. The maximum Gasteiger partial charge on any atom is 0.0436 e. The molecule has 0 amide bonds. The van der Waals surface area contributed by atoms with E-state index >= 15 is 0 Å². The minimum atomic E-state index is 0.205. The van der Waals surface area contributed by atoms with Gasteiger partial charge in [0.1, 0.15) is 0 Å². The Bertz CT molecular complexity index is 335. The third-order valence-electron chi connectivity index (χ3n) is 3.35. The van der Waals surface area contributed by atoms with Gasteiger partial charge in [0.25, 0.3) is 0 Å². The van der Waals surface area contributed by atoms with Gasteiger partial charge in [0.05, 0.1) is 0 Å². The van der Waals surface area contributed by atoms with Crippen molar-refractivity contribution in [2.75, 3.05) is 13.2 Å². The molecule has 0 atom stereocenters. The lowest BCUT2D eigenvalue weighted by molar-refractivity contribution is 0.139. The lowest BCUT2D eigenvalue weighted by Crippen LogP contribution is -2.31. The monoisotopic (exact) mass is 219 g/mol. The average Bonchev–Trinajstić information content (AvgIpc) is 2.58. The Kier molecular flexibility index (Phi) is 3.31. The molecule has 0 aliphatic carbocycles. The van der Waals surface area contributed by atoms with Crippen molar-refractivity contribution >= 4 is 0 Å². The van der Waals surface area contributed by atoms with E-state index in [1.807, 2.05) is 0 Å². The van der Waals surface area contributed by atoms with Crippen LogP contribution in [0.15, 0.2) is 24.3 Å². The Morgan fingerprint density at radius 1 is 1.19 bits per heavy atom. The van der Waals surface area contributed by atoms with E-state index in [4.69, 9.17) is 5.11 Å². The van der Waals surface area contributed by atoms with Crippen LogP contribution in [0.25, 0.3) is 0 Å². The van der Waals surface area contributed by atoms with Crippen LogP contribution in [-0.4, -0.2) is 23.2 Å². The van der Waals surface area contributed by atoms with Crippen molar-refractivity contribution < 1.29 is 5.11 Å². The van der Waals surface area contributed by atoms with E-state index in [0.717, 1.165) is 26.1 Å². The Morgan fingerprint density at radius 3 is 2.25 bits per heavy atom. The first-order valence-corrected chi connectivity index (χ1v) is 6.01. The summed E-state index contributed by atoms with van der Waals surface area (Å²) in [5.41, 5.74) is 3.13. The second-order valence-electron chi connectivity index (χ2n) is 5.55. The molecule has 1 aliphatic rings. The molecule has 0 saturated carbocycles. The highest BCUT2D eigenvalue weighted by Crippen LogP contribution is 2.28. The number of rotatable bonds is 4. The molecule has 0 radical (unpaired) electrons. The molecular formula is C14H21NO. The second kappa shape index (κ2) is 4.56. The lowest BCUT2D eigenvalue weighted by atomic mass is 9.89. The van der Waals surface area contributed by atoms with Gasteiger partial charge < -0.3 is 5.11 Å². The first kappa shape index (κ1) is 11.6. The summed E-state index contributed by atoms with van der Waals surface area (Å²) in [6.07, 6.45) is 0.875. The topological polar surface area (TPSA) is 23.5 Å². The van der Waals surface area contributed by atoms with Gasteiger partial charge >= 0.3 is 0 Å². The van der Waals surface area contributed by atoms with Crippen LogP contribution in [0.2, 0.25) is 0 Å². The van der Waals surface area contributed by atoms with Crippen LogP contribution in [0.1, 0.15) is 31.4 Å². The van der Waals surface area contributed by atoms with Gasteiger partial charge in [0, 0.05) is 26.2 Å². The van der Waals surface area contributed by atoms with Gasteiger partial charge in [0.15, 0.2) is 0 Å². The zero-order valence-corrected chi connectivity index (χ0v) is 10.2. The maximum absolute atomic E-state index is 9.03. The number of hydrogen-bond donors (Lipinski definition) is 1. The van der Waals surface area contributed by atoms with Crippen molar-refractivity contribution in [2.24, 2.45) is 5.41 Å². The van der Waals surface area contributed by atoms with Crippen LogP contribution in [0.4, 0.5) is 0 Å². The highest BCUT2D eigenvalue weighted by molar-refractivity contribution is 5.30. The average molecular weight is 219 g/mol. The first-order valence-electron chi connectivity index (χ1n) is 6.01. The van der Waals surface area contributed by atoms with E-state index in [0.29, 0.717) is 0 Å². The van der Waals surface area contributed by atoms with Crippen LogP contribution in [-0.2, 0) is 13.1 Å². The van der Waals surface area contributed by atoms with E-state index in [2.05, 4.69) is 43.0 Å². The Morgan fingerprint density at radius 2 is 1.75 bits per heavy atom. The molecule has 1 N–H and O–H groups in total. The highest BCUT2D eigenvalue weighted by atomic mass is 16.3. The van der Waals surface area contributed by atoms with Crippen LogP contribution < -0.4 is 0 Å². The van der Waals surface area contributed by atoms with Crippen molar-refractivity contribution in [3.63, 3.8) is 0 Å². The van der Waals surface area contributed by atoms with Crippen molar-refractivity contribution in [2.45, 2.75) is 33.4 Å². The third-order valence-corrected chi connectivity index (χ3v) is 3.35. The number of aliphatic hydroxyl groups is 1. The molecule has 2 nitrogen and oxygen atoms in total. The summed E-state index contributed by atoms with van der Waals surface area (Å²) >= 11 is 0. The molecular weight excluding hydrogens is 198 g/mol. The molecule has 1 aromatic carbocycles. The second-order valence-corrected chi connectivity index (χ2v) is 5.55. The van der Waals surface area contributed by atoms with E-state index in [1.54, 1.807) is 0 Å².